The first-order valence-corrected chi connectivity index (χ1v) is 8.45. The highest BCUT2D eigenvalue weighted by Crippen LogP contribution is 2.50. The van der Waals surface area contributed by atoms with Crippen LogP contribution in [-0.2, 0) is 14.4 Å². The third-order valence-electron chi connectivity index (χ3n) is 4.81. The number of carboxylic acid groups (broad SMARTS) is 1. The number of carbonyl (C=O) groups excluding carboxylic acids is 2. The van der Waals surface area contributed by atoms with E-state index in [1.165, 1.54) is 23.6 Å². The highest BCUT2D eigenvalue weighted by Gasteiger charge is 2.63. The molecule has 0 bridgehead atoms. The first-order chi connectivity index (χ1) is 11.5. The van der Waals surface area contributed by atoms with Crippen molar-refractivity contribution in [2.24, 2.45) is 5.92 Å². The molecule has 2 fully saturated rings. The molecule has 3 aliphatic heterocycles. The lowest BCUT2D eigenvalue weighted by molar-refractivity contribution is -0.159. The minimum atomic E-state index is -1.10. The standard InChI is InChI=1S/C16H15N3O4S/c1-8(20)18-7-9-6-11(24-10-2-4-17-5-3-10)13(16(22)23)19-12(9)14(18)15(19)21/h2-5,9,12,14H,6-7H2,1H3,(H,22,23)/t9-,12-,14+/m1/s1. The molecular weight excluding hydrogens is 330 g/mol. The number of hydrogen-bond acceptors (Lipinski definition) is 5. The quantitative estimate of drug-likeness (QED) is 0.820. The first-order valence-electron chi connectivity index (χ1n) is 7.63. The minimum Gasteiger partial charge on any atom is -0.477 e. The Labute approximate surface area is 142 Å². The second-order valence-corrected chi connectivity index (χ2v) is 7.31. The van der Waals surface area contributed by atoms with Crippen LogP contribution in [0.5, 0.6) is 0 Å². The van der Waals surface area contributed by atoms with Gasteiger partial charge in [-0.05, 0) is 18.6 Å². The second-order valence-electron chi connectivity index (χ2n) is 6.14. The summed E-state index contributed by atoms with van der Waals surface area (Å²) >= 11 is 1.35. The molecule has 4 heterocycles. The lowest BCUT2D eigenvalue weighted by Gasteiger charge is -2.49. The van der Waals surface area contributed by atoms with Gasteiger partial charge in [-0.1, -0.05) is 11.8 Å². The lowest BCUT2D eigenvalue weighted by Crippen LogP contribution is -2.69. The first kappa shape index (κ1) is 15.2. The van der Waals surface area contributed by atoms with Crippen molar-refractivity contribution in [2.45, 2.75) is 30.3 Å². The van der Waals surface area contributed by atoms with E-state index in [0.717, 1.165) is 4.90 Å². The molecule has 24 heavy (non-hydrogen) atoms. The summed E-state index contributed by atoms with van der Waals surface area (Å²) in [6.45, 7) is 1.95. The molecule has 0 spiro atoms. The number of likely N-dealkylation sites (tertiary alicyclic amines) is 1. The Morgan fingerprint density at radius 2 is 2.04 bits per heavy atom. The summed E-state index contributed by atoms with van der Waals surface area (Å²) in [6.07, 6.45) is 3.85. The fourth-order valence-electron chi connectivity index (χ4n) is 3.85. The smallest absolute Gasteiger partial charge is 0.353 e. The molecule has 2 amide bonds. The van der Waals surface area contributed by atoms with Crippen LogP contribution in [0.3, 0.4) is 0 Å². The van der Waals surface area contributed by atoms with Gasteiger partial charge in [0, 0.05) is 41.6 Å². The van der Waals surface area contributed by atoms with E-state index in [2.05, 4.69) is 4.98 Å². The monoisotopic (exact) mass is 345 g/mol. The maximum absolute atomic E-state index is 12.5. The molecular formula is C16H15N3O4S. The van der Waals surface area contributed by atoms with Gasteiger partial charge in [-0.3, -0.25) is 19.5 Å². The number of thioether (sulfide) groups is 1. The van der Waals surface area contributed by atoms with Crippen LogP contribution in [0.1, 0.15) is 13.3 Å². The average molecular weight is 345 g/mol. The number of aliphatic carboxylic acids is 1. The topological polar surface area (TPSA) is 90.8 Å². The largest absolute Gasteiger partial charge is 0.477 e. The molecule has 7 nitrogen and oxygen atoms in total. The third-order valence-corrected chi connectivity index (χ3v) is 5.93. The molecule has 1 aromatic heterocycles. The minimum absolute atomic E-state index is 0.0599. The third kappa shape index (κ3) is 2.06. The Hall–Kier alpha value is -2.35. The Kier molecular flexibility index (Phi) is 3.38. The number of nitrogens with zero attached hydrogens (tertiary/aromatic N) is 3. The van der Waals surface area contributed by atoms with Crippen LogP contribution in [0.25, 0.3) is 0 Å². The summed E-state index contributed by atoms with van der Waals surface area (Å²) < 4.78 is 0. The Morgan fingerprint density at radius 3 is 2.67 bits per heavy atom. The van der Waals surface area contributed by atoms with Gasteiger partial charge in [0.05, 0.1) is 6.04 Å². The maximum atomic E-state index is 12.5. The van der Waals surface area contributed by atoms with Gasteiger partial charge < -0.3 is 10.0 Å². The highest BCUT2D eigenvalue weighted by atomic mass is 32.2. The number of allylic oxidation sites excluding steroid dienone is 1. The summed E-state index contributed by atoms with van der Waals surface area (Å²) in [7, 11) is 0. The Balaban J connectivity index is 1.71. The molecule has 0 unspecified atom stereocenters. The van der Waals surface area contributed by atoms with Crippen molar-refractivity contribution in [1.29, 1.82) is 0 Å². The number of aromatic nitrogens is 1. The van der Waals surface area contributed by atoms with Crippen LogP contribution >= 0.6 is 11.8 Å². The number of carbonyl (C=O) groups is 3. The van der Waals surface area contributed by atoms with Crippen molar-refractivity contribution in [2.75, 3.05) is 6.54 Å². The van der Waals surface area contributed by atoms with E-state index in [-0.39, 0.29) is 29.5 Å². The van der Waals surface area contributed by atoms with Crippen LogP contribution in [-0.4, -0.2) is 56.3 Å². The number of pyridine rings is 1. The van der Waals surface area contributed by atoms with Crippen molar-refractivity contribution >= 4 is 29.5 Å². The van der Waals surface area contributed by atoms with Gasteiger partial charge in [0.25, 0.3) is 5.91 Å². The van der Waals surface area contributed by atoms with Crippen molar-refractivity contribution in [3.05, 3.63) is 35.1 Å². The zero-order valence-corrected chi connectivity index (χ0v) is 13.7. The van der Waals surface area contributed by atoms with Crippen molar-refractivity contribution in [3.63, 3.8) is 0 Å². The normalized spacial score (nSPS) is 27.9. The molecule has 4 rings (SSSR count). The van der Waals surface area contributed by atoms with Gasteiger partial charge in [0.1, 0.15) is 11.7 Å². The van der Waals surface area contributed by atoms with Crippen LogP contribution in [0.15, 0.2) is 40.0 Å². The van der Waals surface area contributed by atoms with E-state index < -0.39 is 12.0 Å². The zero-order chi connectivity index (χ0) is 17.0. The van der Waals surface area contributed by atoms with Crippen molar-refractivity contribution in [1.82, 2.24) is 14.8 Å². The Bertz CT molecular complexity index is 779. The predicted molar refractivity (Wildman–Crippen MR) is 84.7 cm³/mol. The molecule has 0 aromatic carbocycles. The number of hydrogen-bond donors (Lipinski definition) is 1. The number of amides is 2. The van der Waals surface area contributed by atoms with E-state index >= 15 is 0 Å². The molecule has 0 saturated carbocycles. The predicted octanol–water partition coefficient (Wildman–Crippen LogP) is 0.931. The van der Waals surface area contributed by atoms with Crippen molar-refractivity contribution in [3.8, 4) is 0 Å². The number of β-lactam (4-membered cyclic amide) rings is 1. The van der Waals surface area contributed by atoms with Crippen LogP contribution in [0.4, 0.5) is 0 Å². The van der Waals surface area contributed by atoms with E-state index in [1.54, 1.807) is 29.4 Å². The lowest BCUT2D eigenvalue weighted by atomic mass is 9.82. The van der Waals surface area contributed by atoms with E-state index in [0.29, 0.717) is 17.9 Å². The Morgan fingerprint density at radius 1 is 1.33 bits per heavy atom. The molecule has 8 heteroatoms. The summed E-state index contributed by atoms with van der Waals surface area (Å²) in [4.78, 5) is 44.5. The van der Waals surface area contributed by atoms with E-state index in [9.17, 15) is 19.5 Å². The molecule has 1 N–H and O–H groups in total. The molecule has 124 valence electrons. The average Bonchev–Trinajstić information content (AvgIpc) is 2.91. The molecule has 0 aliphatic carbocycles. The van der Waals surface area contributed by atoms with Crippen molar-refractivity contribution < 1.29 is 19.5 Å². The fraction of sp³-hybridized carbons (Fsp3) is 0.375. The van der Waals surface area contributed by atoms with Crippen LogP contribution in [0, 0.1) is 5.92 Å². The summed E-state index contributed by atoms with van der Waals surface area (Å²) in [6, 6.07) is 2.92. The van der Waals surface area contributed by atoms with Crippen LogP contribution < -0.4 is 0 Å². The van der Waals surface area contributed by atoms with Gasteiger partial charge in [-0.25, -0.2) is 4.79 Å². The summed E-state index contributed by atoms with van der Waals surface area (Å²) in [5.74, 6) is -1.44. The molecule has 3 aliphatic rings. The zero-order valence-electron chi connectivity index (χ0n) is 12.9. The van der Waals surface area contributed by atoms with E-state index in [4.69, 9.17) is 0 Å². The van der Waals surface area contributed by atoms with Gasteiger partial charge in [-0.15, -0.1) is 0 Å². The second kappa shape index (κ2) is 5.34. The number of rotatable bonds is 3. The highest BCUT2D eigenvalue weighted by molar-refractivity contribution is 8.03. The fourth-order valence-corrected chi connectivity index (χ4v) is 4.98. The van der Waals surface area contributed by atoms with Gasteiger partial charge >= 0.3 is 5.97 Å². The van der Waals surface area contributed by atoms with Gasteiger partial charge in [0.2, 0.25) is 5.91 Å². The SMILES string of the molecule is CC(=O)N1C[C@H]2CC(Sc3ccncc3)=C(C(=O)O)N3C(=O)[C@@H]1[C@@H]23. The summed E-state index contributed by atoms with van der Waals surface area (Å²) in [5, 5.41) is 9.64. The molecule has 3 atom stereocenters. The van der Waals surface area contributed by atoms with E-state index in [1.807, 2.05) is 0 Å². The van der Waals surface area contributed by atoms with Gasteiger partial charge in [0.15, 0.2) is 0 Å². The summed E-state index contributed by atoms with van der Waals surface area (Å²) in [5.41, 5.74) is 0.0599. The maximum Gasteiger partial charge on any atom is 0.353 e. The molecule has 1 aromatic rings. The van der Waals surface area contributed by atoms with Gasteiger partial charge in [-0.2, -0.15) is 0 Å². The van der Waals surface area contributed by atoms with Crippen LogP contribution in [0.2, 0.25) is 0 Å². The molecule has 2 saturated heterocycles. The number of carboxylic acids is 1. The molecule has 0 radical (unpaired) electrons.